The van der Waals surface area contributed by atoms with E-state index in [-0.39, 0.29) is 6.10 Å². The molecule has 1 unspecified atom stereocenters. The summed E-state index contributed by atoms with van der Waals surface area (Å²) in [5.41, 5.74) is 2.22. The fourth-order valence-corrected chi connectivity index (χ4v) is 3.27. The number of rotatable bonds is 3. The number of β-amino-alcohol motifs (C(OH)–C–C–N with tert-alkyl or cyclic N) is 1. The van der Waals surface area contributed by atoms with Crippen molar-refractivity contribution in [1.29, 1.82) is 0 Å². The molecule has 2 heterocycles. The van der Waals surface area contributed by atoms with Crippen molar-refractivity contribution in [1.82, 2.24) is 14.5 Å². The molecule has 1 aliphatic heterocycles. The van der Waals surface area contributed by atoms with Crippen LogP contribution in [0.1, 0.15) is 12.8 Å². The summed E-state index contributed by atoms with van der Waals surface area (Å²) in [4.78, 5) is 6.96. The van der Waals surface area contributed by atoms with Gasteiger partial charge in [0.15, 0.2) is 5.16 Å². The van der Waals surface area contributed by atoms with Crippen LogP contribution in [0.25, 0.3) is 11.0 Å². The van der Waals surface area contributed by atoms with Crippen LogP contribution in [0.2, 0.25) is 0 Å². The second-order valence-corrected chi connectivity index (χ2v) is 5.80. The largest absolute Gasteiger partial charge is 0.392 e. The first-order chi connectivity index (χ1) is 9.28. The number of nitrogens with zero attached hydrogens (tertiary/aromatic N) is 3. The molecule has 0 aliphatic carbocycles. The molecule has 4 nitrogen and oxygen atoms in total. The maximum absolute atomic E-state index is 9.78. The minimum Gasteiger partial charge on any atom is -0.392 e. The lowest BCUT2D eigenvalue weighted by Crippen LogP contribution is -2.39. The molecule has 1 aromatic carbocycles. The number of aliphatic hydroxyl groups is 1. The summed E-state index contributed by atoms with van der Waals surface area (Å²) in [5, 5.41) is 10.8. The predicted molar refractivity (Wildman–Crippen MR) is 78.3 cm³/mol. The molecule has 1 atom stereocenters. The molecule has 3 rings (SSSR count). The van der Waals surface area contributed by atoms with Gasteiger partial charge in [0.25, 0.3) is 0 Å². The van der Waals surface area contributed by atoms with Gasteiger partial charge in [0.05, 0.1) is 23.8 Å². The van der Waals surface area contributed by atoms with Crippen molar-refractivity contribution in [2.45, 2.75) is 30.8 Å². The highest BCUT2D eigenvalue weighted by Gasteiger charge is 2.19. The van der Waals surface area contributed by atoms with E-state index in [0.717, 1.165) is 43.3 Å². The van der Waals surface area contributed by atoms with Gasteiger partial charge in [-0.3, -0.25) is 4.90 Å². The van der Waals surface area contributed by atoms with E-state index in [1.165, 1.54) is 5.52 Å². The Hall–Kier alpha value is -1.04. The maximum atomic E-state index is 9.78. The summed E-state index contributed by atoms with van der Waals surface area (Å²) >= 11 is 1.67. The van der Waals surface area contributed by atoms with Crippen LogP contribution in [0.3, 0.4) is 0 Å². The SMILES string of the molecule is CSc1nc2ccccc2n1CN1CCCC(O)C1. The molecule has 2 aromatic rings. The average Bonchev–Trinajstić information content (AvgIpc) is 2.77. The third-order valence-electron chi connectivity index (χ3n) is 3.62. The van der Waals surface area contributed by atoms with Crippen LogP contribution in [-0.4, -0.2) is 45.0 Å². The number of benzene rings is 1. The number of thioether (sulfide) groups is 1. The fraction of sp³-hybridized carbons (Fsp3) is 0.500. The standard InChI is InChI=1S/C14H19N3OS/c1-19-14-15-12-6-2-3-7-13(12)17(14)10-16-8-4-5-11(18)9-16/h2-3,6-7,11,18H,4-5,8-10H2,1H3. The first-order valence-electron chi connectivity index (χ1n) is 6.67. The van der Waals surface area contributed by atoms with E-state index in [4.69, 9.17) is 0 Å². The topological polar surface area (TPSA) is 41.3 Å². The Kier molecular flexibility index (Phi) is 3.77. The van der Waals surface area contributed by atoms with E-state index in [2.05, 4.69) is 38.9 Å². The Labute approximate surface area is 117 Å². The molecule has 1 aromatic heterocycles. The van der Waals surface area contributed by atoms with Crippen molar-refractivity contribution in [3.8, 4) is 0 Å². The summed E-state index contributed by atoms with van der Waals surface area (Å²) in [7, 11) is 0. The number of para-hydroxylation sites is 2. The van der Waals surface area contributed by atoms with E-state index < -0.39 is 0 Å². The highest BCUT2D eigenvalue weighted by Crippen LogP contribution is 2.23. The first-order valence-corrected chi connectivity index (χ1v) is 7.90. The maximum Gasteiger partial charge on any atom is 0.169 e. The van der Waals surface area contributed by atoms with Gasteiger partial charge in [-0.1, -0.05) is 23.9 Å². The molecule has 1 aliphatic rings. The predicted octanol–water partition coefficient (Wildman–Crippen LogP) is 2.17. The fourth-order valence-electron chi connectivity index (χ4n) is 2.71. The minimum absolute atomic E-state index is 0.179. The molecule has 5 heteroatoms. The van der Waals surface area contributed by atoms with Gasteiger partial charge in [-0.15, -0.1) is 0 Å². The number of likely N-dealkylation sites (tertiary alicyclic amines) is 1. The summed E-state index contributed by atoms with van der Waals surface area (Å²) in [6.45, 7) is 2.63. The quantitative estimate of drug-likeness (QED) is 0.873. The van der Waals surface area contributed by atoms with Crippen LogP contribution in [0.4, 0.5) is 0 Å². The molecular weight excluding hydrogens is 258 g/mol. The molecule has 102 valence electrons. The summed E-state index contributed by atoms with van der Waals surface area (Å²) in [5.74, 6) is 0. The first kappa shape index (κ1) is 13.0. The molecule has 0 spiro atoms. The van der Waals surface area contributed by atoms with Gasteiger partial charge in [-0.25, -0.2) is 4.98 Å². The number of fused-ring (bicyclic) bond motifs is 1. The summed E-state index contributed by atoms with van der Waals surface area (Å²) < 4.78 is 2.25. The van der Waals surface area contributed by atoms with Crippen LogP contribution < -0.4 is 0 Å². The van der Waals surface area contributed by atoms with Gasteiger partial charge in [-0.2, -0.15) is 0 Å². The Bertz CT molecular complexity index is 569. The number of hydrogen-bond donors (Lipinski definition) is 1. The molecular formula is C14H19N3OS. The molecule has 1 N–H and O–H groups in total. The van der Waals surface area contributed by atoms with Crippen molar-refractivity contribution in [2.24, 2.45) is 0 Å². The number of hydrogen-bond acceptors (Lipinski definition) is 4. The lowest BCUT2D eigenvalue weighted by molar-refractivity contribution is 0.0535. The van der Waals surface area contributed by atoms with Gasteiger partial charge in [0.2, 0.25) is 0 Å². The van der Waals surface area contributed by atoms with Gasteiger partial charge < -0.3 is 9.67 Å². The smallest absolute Gasteiger partial charge is 0.169 e. The van der Waals surface area contributed by atoms with E-state index >= 15 is 0 Å². The molecule has 0 bridgehead atoms. The van der Waals surface area contributed by atoms with E-state index in [1.54, 1.807) is 11.8 Å². The number of piperidine rings is 1. The average molecular weight is 277 g/mol. The van der Waals surface area contributed by atoms with Crippen LogP contribution in [-0.2, 0) is 6.67 Å². The van der Waals surface area contributed by atoms with E-state index in [9.17, 15) is 5.11 Å². The van der Waals surface area contributed by atoms with Crippen LogP contribution in [0.5, 0.6) is 0 Å². The lowest BCUT2D eigenvalue weighted by Gasteiger charge is -2.30. The van der Waals surface area contributed by atoms with Crippen molar-refractivity contribution < 1.29 is 5.11 Å². The molecule has 0 saturated carbocycles. The minimum atomic E-state index is -0.179. The summed E-state index contributed by atoms with van der Waals surface area (Å²) in [6.07, 6.45) is 3.88. The molecule has 1 fully saturated rings. The van der Waals surface area contributed by atoms with Crippen molar-refractivity contribution >= 4 is 22.8 Å². The van der Waals surface area contributed by atoms with E-state index in [0.29, 0.717) is 0 Å². The van der Waals surface area contributed by atoms with Gasteiger partial charge in [0, 0.05) is 13.1 Å². The second kappa shape index (κ2) is 5.53. The summed E-state index contributed by atoms with van der Waals surface area (Å²) in [6, 6.07) is 8.24. The normalized spacial score (nSPS) is 21.1. The van der Waals surface area contributed by atoms with Gasteiger partial charge in [0.1, 0.15) is 0 Å². The Morgan fingerprint density at radius 1 is 1.42 bits per heavy atom. The monoisotopic (exact) mass is 277 g/mol. The van der Waals surface area contributed by atoms with Gasteiger partial charge >= 0.3 is 0 Å². The number of aromatic nitrogens is 2. The van der Waals surface area contributed by atoms with Crippen LogP contribution in [0.15, 0.2) is 29.4 Å². The molecule has 19 heavy (non-hydrogen) atoms. The second-order valence-electron chi connectivity index (χ2n) is 5.03. The highest BCUT2D eigenvalue weighted by molar-refractivity contribution is 7.98. The Balaban J connectivity index is 1.90. The van der Waals surface area contributed by atoms with Gasteiger partial charge in [-0.05, 0) is 31.2 Å². The lowest BCUT2D eigenvalue weighted by atomic mass is 10.1. The molecule has 0 amide bonds. The number of imidazole rings is 1. The highest BCUT2D eigenvalue weighted by atomic mass is 32.2. The van der Waals surface area contributed by atoms with Crippen molar-refractivity contribution in [3.63, 3.8) is 0 Å². The third kappa shape index (κ3) is 2.63. The zero-order valence-electron chi connectivity index (χ0n) is 11.1. The number of aliphatic hydroxyl groups excluding tert-OH is 1. The van der Waals surface area contributed by atoms with Crippen LogP contribution in [0, 0.1) is 0 Å². The zero-order chi connectivity index (χ0) is 13.2. The Morgan fingerprint density at radius 3 is 3.05 bits per heavy atom. The van der Waals surface area contributed by atoms with E-state index in [1.807, 2.05) is 6.07 Å². The molecule has 0 radical (unpaired) electrons. The molecule has 1 saturated heterocycles. The zero-order valence-corrected chi connectivity index (χ0v) is 11.9. The van der Waals surface area contributed by atoms with Crippen LogP contribution >= 0.6 is 11.8 Å². The Morgan fingerprint density at radius 2 is 2.26 bits per heavy atom. The van der Waals surface area contributed by atoms with Crippen molar-refractivity contribution in [3.05, 3.63) is 24.3 Å². The van der Waals surface area contributed by atoms with Crippen molar-refractivity contribution in [2.75, 3.05) is 19.3 Å². The third-order valence-corrected chi connectivity index (χ3v) is 4.30.